The van der Waals surface area contributed by atoms with E-state index in [1.807, 2.05) is 44.2 Å². The maximum atomic E-state index is 12.7. The second-order valence-corrected chi connectivity index (χ2v) is 5.29. The lowest BCUT2D eigenvalue weighted by molar-refractivity contribution is -0.125. The van der Waals surface area contributed by atoms with Crippen LogP contribution in [0.4, 0.5) is 0 Å². The molecule has 0 aromatic heterocycles. The van der Waals surface area contributed by atoms with Crippen LogP contribution in [0.3, 0.4) is 0 Å². The van der Waals surface area contributed by atoms with Crippen molar-refractivity contribution >= 4 is 11.5 Å². The van der Waals surface area contributed by atoms with E-state index < -0.39 is 5.92 Å². The summed E-state index contributed by atoms with van der Waals surface area (Å²) in [5.74, 6) is -0.546. The number of ether oxygens (including phenoxy) is 2. The van der Waals surface area contributed by atoms with Gasteiger partial charge < -0.3 is 14.6 Å². The molecule has 1 aromatic rings. The van der Waals surface area contributed by atoms with Crippen molar-refractivity contribution in [2.24, 2.45) is 10.9 Å². The van der Waals surface area contributed by atoms with Crippen molar-refractivity contribution in [1.82, 2.24) is 0 Å². The van der Waals surface area contributed by atoms with Gasteiger partial charge in [-0.05, 0) is 18.9 Å². The number of benzene rings is 1. The number of aliphatic hydroxyl groups is 1. The highest BCUT2D eigenvalue weighted by Crippen LogP contribution is 2.24. The van der Waals surface area contributed by atoms with Crippen molar-refractivity contribution in [3.63, 3.8) is 0 Å². The predicted molar refractivity (Wildman–Crippen MR) is 88.0 cm³/mol. The number of carbonyl (C=O) groups excluding carboxylic acids is 1. The zero-order valence-corrected chi connectivity index (χ0v) is 13.6. The van der Waals surface area contributed by atoms with Crippen LogP contribution >= 0.6 is 0 Å². The lowest BCUT2D eigenvalue weighted by atomic mass is 9.88. The third-order valence-corrected chi connectivity index (χ3v) is 3.79. The van der Waals surface area contributed by atoms with Gasteiger partial charge in [0.05, 0.1) is 30.5 Å². The van der Waals surface area contributed by atoms with E-state index in [1.165, 1.54) is 6.20 Å². The lowest BCUT2D eigenvalue weighted by Crippen LogP contribution is -2.41. The molecule has 0 saturated carbocycles. The van der Waals surface area contributed by atoms with Gasteiger partial charge in [0.25, 0.3) is 0 Å². The van der Waals surface area contributed by atoms with Crippen LogP contribution in [0.5, 0.6) is 0 Å². The van der Waals surface area contributed by atoms with Crippen LogP contribution in [0.25, 0.3) is 0 Å². The summed E-state index contributed by atoms with van der Waals surface area (Å²) in [6.45, 7) is 4.38. The van der Waals surface area contributed by atoms with Gasteiger partial charge in [-0.2, -0.15) is 0 Å². The molecule has 124 valence electrons. The van der Waals surface area contributed by atoms with E-state index in [4.69, 9.17) is 9.47 Å². The zero-order chi connectivity index (χ0) is 16.7. The minimum Gasteiger partial charge on any atom is -0.484 e. The van der Waals surface area contributed by atoms with E-state index in [-0.39, 0.29) is 24.3 Å². The smallest absolute Gasteiger partial charge is 0.210 e. The number of hydrogen-bond acceptors (Lipinski definition) is 5. The van der Waals surface area contributed by atoms with Gasteiger partial charge in [-0.15, -0.1) is 0 Å². The molecule has 0 aliphatic carbocycles. The van der Waals surface area contributed by atoms with Crippen LogP contribution in [0.2, 0.25) is 0 Å². The maximum Gasteiger partial charge on any atom is 0.210 e. The van der Waals surface area contributed by atoms with Gasteiger partial charge in [-0.25, -0.2) is 0 Å². The van der Waals surface area contributed by atoms with Gasteiger partial charge in [0, 0.05) is 6.61 Å². The summed E-state index contributed by atoms with van der Waals surface area (Å²) < 4.78 is 11.3. The fourth-order valence-electron chi connectivity index (χ4n) is 2.62. The number of nitrogens with zero attached hydrogens (tertiary/aromatic N) is 1. The quantitative estimate of drug-likeness (QED) is 0.800. The summed E-state index contributed by atoms with van der Waals surface area (Å²) in [4.78, 5) is 16.9. The molecule has 1 heterocycles. The van der Waals surface area contributed by atoms with Crippen LogP contribution in [0, 0.1) is 5.92 Å². The minimum atomic E-state index is -0.583. The molecule has 2 rings (SSSR count). The molecule has 0 radical (unpaired) electrons. The number of carbonyl (C=O) groups is 1. The van der Waals surface area contributed by atoms with Crippen molar-refractivity contribution in [3.8, 4) is 0 Å². The normalized spacial score (nSPS) is 19.1. The molecule has 0 bridgehead atoms. The fraction of sp³-hybridized carbons (Fsp3) is 0.444. The van der Waals surface area contributed by atoms with Gasteiger partial charge in [-0.3, -0.25) is 9.79 Å². The Bertz CT molecular complexity index is 580. The summed E-state index contributed by atoms with van der Waals surface area (Å²) in [7, 11) is 0. The molecule has 1 aliphatic rings. The monoisotopic (exact) mass is 317 g/mol. The van der Waals surface area contributed by atoms with Crippen molar-refractivity contribution in [1.29, 1.82) is 0 Å². The molecule has 1 aliphatic heterocycles. The van der Waals surface area contributed by atoms with E-state index in [9.17, 15) is 9.90 Å². The minimum absolute atomic E-state index is 0.180. The largest absolute Gasteiger partial charge is 0.484 e. The number of allylic oxidation sites excluding steroid dienone is 1. The van der Waals surface area contributed by atoms with Gasteiger partial charge in [0.2, 0.25) is 5.78 Å². The zero-order valence-electron chi connectivity index (χ0n) is 13.6. The molecule has 23 heavy (non-hydrogen) atoms. The first-order valence-electron chi connectivity index (χ1n) is 7.91. The average Bonchev–Trinajstić information content (AvgIpc) is 2.59. The Kier molecular flexibility index (Phi) is 6.50. The molecule has 5 heteroatoms. The predicted octanol–water partition coefficient (Wildman–Crippen LogP) is 2.49. The van der Waals surface area contributed by atoms with E-state index in [2.05, 4.69) is 4.99 Å². The topological polar surface area (TPSA) is 68.1 Å². The first kappa shape index (κ1) is 17.4. The van der Waals surface area contributed by atoms with Crippen LogP contribution in [-0.2, 0) is 20.9 Å². The van der Waals surface area contributed by atoms with Crippen LogP contribution in [-0.4, -0.2) is 35.9 Å². The maximum absolute atomic E-state index is 12.7. The molecule has 0 spiro atoms. The summed E-state index contributed by atoms with van der Waals surface area (Å²) in [5.41, 5.74) is 1.41. The van der Waals surface area contributed by atoms with E-state index >= 15 is 0 Å². The molecular formula is C18H23NO4. The number of hydrogen-bond donors (Lipinski definition) is 1. The molecular weight excluding hydrogens is 294 g/mol. The van der Waals surface area contributed by atoms with Crippen molar-refractivity contribution < 1.29 is 19.4 Å². The first-order chi connectivity index (χ1) is 11.2. The molecule has 2 atom stereocenters. The van der Waals surface area contributed by atoms with Gasteiger partial charge in [0.15, 0.2) is 5.76 Å². The highest BCUT2D eigenvalue weighted by molar-refractivity contribution is 6.14. The standard InChI is InChI=1S/C18H23NO4/c1-3-15(22-4-2)17-14(11-20)19-10-16(18(17)21)23-12-13-8-6-5-7-9-13/h5-10,15,17,20H,3-4,11-12H2,1-2H3. The summed E-state index contributed by atoms with van der Waals surface area (Å²) >= 11 is 0. The molecule has 1 aromatic carbocycles. The van der Waals surface area contributed by atoms with E-state index in [1.54, 1.807) is 0 Å². The Labute approximate surface area is 136 Å². The lowest BCUT2D eigenvalue weighted by Gasteiger charge is -2.28. The summed E-state index contributed by atoms with van der Waals surface area (Å²) in [5, 5.41) is 9.48. The molecule has 0 amide bonds. The summed E-state index contributed by atoms with van der Waals surface area (Å²) in [6, 6.07) is 9.63. The SMILES string of the molecule is CCOC(CC)C1C(=O)C(OCc2ccccc2)=CN=C1CO. The first-order valence-corrected chi connectivity index (χ1v) is 7.91. The molecule has 0 fully saturated rings. The van der Waals surface area contributed by atoms with Crippen molar-refractivity contribution in [2.45, 2.75) is 33.0 Å². The Hall–Kier alpha value is -1.98. The van der Waals surface area contributed by atoms with E-state index in [0.717, 1.165) is 5.56 Å². The highest BCUT2D eigenvalue weighted by Gasteiger charge is 2.37. The highest BCUT2D eigenvalue weighted by atomic mass is 16.5. The van der Waals surface area contributed by atoms with E-state index in [0.29, 0.717) is 25.3 Å². The van der Waals surface area contributed by atoms with Crippen molar-refractivity contribution in [2.75, 3.05) is 13.2 Å². The second kappa shape index (κ2) is 8.60. The molecule has 2 unspecified atom stereocenters. The fourth-order valence-corrected chi connectivity index (χ4v) is 2.62. The summed E-state index contributed by atoms with van der Waals surface area (Å²) in [6.07, 6.45) is 1.75. The second-order valence-electron chi connectivity index (χ2n) is 5.29. The third-order valence-electron chi connectivity index (χ3n) is 3.79. The molecule has 1 N–H and O–H groups in total. The molecule has 5 nitrogen and oxygen atoms in total. The van der Waals surface area contributed by atoms with Crippen LogP contribution < -0.4 is 0 Å². The number of Topliss-reactive ketones (excluding diaryl/α,β-unsaturated/α-hetero) is 1. The Morgan fingerprint density at radius 3 is 2.61 bits per heavy atom. The number of ketones is 1. The Morgan fingerprint density at radius 2 is 2.00 bits per heavy atom. The molecule has 0 saturated heterocycles. The number of aliphatic hydroxyl groups excluding tert-OH is 1. The van der Waals surface area contributed by atoms with Crippen LogP contribution in [0.15, 0.2) is 47.3 Å². The van der Waals surface area contributed by atoms with Gasteiger partial charge in [0.1, 0.15) is 6.61 Å². The number of rotatable bonds is 8. The van der Waals surface area contributed by atoms with Crippen molar-refractivity contribution in [3.05, 3.63) is 47.9 Å². The van der Waals surface area contributed by atoms with Gasteiger partial charge in [-0.1, -0.05) is 37.3 Å². The average molecular weight is 317 g/mol. The third kappa shape index (κ3) is 4.27. The number of aliphatic imine (C=N–C) groups is 1. The Morgan fingerprint density at radius 1 is 1.26 bits per heavy atom. The Balaban J connectivity index is 2.13. The van der Waals surface area contributed by atoms with Gasteiger partial charge >= 0.3 is 0 Å². The van der Waals surface area contributed by atoms with Crippen LogP contribution in [0.1, 0.15) is 25.8 Å².